The molecule has 3 N–H and O–H groups in total. The second-order valence-corrected chi connectivity index (χ2v) is 7.54. The minimum atomic E-state index is -3.01. The van der Waals surface area contributed by atoms with Crippen LogP contribution in [0.15, 0.2) is 4.99 Å². The van der Waals surface area contributed by atoms with E-state index in [4.69, 9.17) is 0 Å². The van der Waals surface area contributed by atoms with E-state index in [1.54, 1.807) is 7.05 Å². The fraction of sp³-hybridized carbons (Fsp3) is 0.818. The molecule has 1 amide bonds. The van der Waals surface area contributed by atoms with Crippen LogP contribution < -0.4 is 16.0 Å². The van der Waals surface area contributed by atoms with Crippen molar-refractivity contribution in [3.63, 3.8) is 0 Å². The first kappa shape index (κ1) is 17.7. The molecule has 0 aromatic heterocycles. The largest absolute Gasteiger partial charge is 0.355 e. The lowest BCUT2D eigenvalue weighted by Crippen LogP contribution is -2.48. The Morgan fingerprint density at radius 2 is 1.79 bits per heavy atom. The third kappa shape index (κ3) is 11.5. The molecule has 0 radical (unpaired) electrons. The zero-order valence-corrected chi connectivity index (χ0v) is 13.0. The van der Waals surface area contributed by atoms with Gasteiger partial charge >= 0.3 is 0 Å². The van der Waals surface area contributed by atoms with Crippen LogP contribution in [0.4, 0.5) is 0 Å². The summed E-state index contributed by atoms with van der Waals surface area (Å²) in [5, 5.41) is 8.43. The number of guanidine groups is 1. The van der Waals surface area contributed by atoms with Crippen LogP contribution in [0.1, 0.15) is 20.8 Å². The smallest absolute Gasteiger partial charge is 0.239 e. The molecule has 0 saturated heterocycles. The predicted octanol–water partition coefficient (Wildman–Crippen LogP) is -0.889. The van der Waals surface area contributed by atoms with Gasteiger partial charge in [0, 0.05) is 25.4 Å². The summed E-state index contributed by atoms with van der Waals surface area (Å²) in [4.78, 5) is 15.5. The van der Waals surface area contributed by atoms with Crippen molar-refractivity contribution in [3.05, 3.63) is 0 Å². The molecule has 0 aromatic rings. The Morgan fingerprint density at radius 3 is 2.21 bits per heavy atom. The third-order valence-corrected chi connectivity index (χ3v) is 2.87. The average Bonchev–Trinajstić information content (AvgIpc) is 2.18. The quantitative estimate of drug-likeness (QED) is 0.451. The molecule has 8 heteroatoms. The van der Waals surface area contributed by atoms with Gasteiger partial charge in [0.05, 0.1) is 12.3 Å². The Balaban J connectivity index is 4.06. The number of sulfone groups is 1. The van der Waals surface area contributed by atoms with E-state index in [1.165, 1.54) is 6.26 Å². The summed E-state index contributed by atoms with van der Waals surface area (Å²) in [7, 11) is -1.45. The van der Waals surface area contributed by atoms with Crippen molar-refractivity contribution >= 4 is 21.7 Å². The van der Waals surface area contributed by atoms with Gasteiger partial charge in [0.25, 0.3) is 0 Å². The van der Waals surface area contributed by atoms with E-state index in [1.807, 2.05) is 20.8 Å². The highest BCUT2D eigenvalue weighted by Gasteiger charge is 2.13. The summed E-state index contributed by atoms with van der Waals surface area (Å²) in [6.45, 7) is 6.01. The molecule has 0 spiro atoms. The lowest BCUT2D eigenvalue weighted by molar-refractivity contribution is -0.121. The summed E-state index contributed by atoms with van der Waals surface area (Å²) in [5.74, 6) is 0.258. The fourth-order valence-electron chi connectivity index (χ4n) is 1.20. The Bertz CT molecular complexity index is 424. The van der Waals surface area contributed by atoms with Gasteiger partial charge in [0.15, 0.2) is 5.96 Å². The number of nitrogens with one attached hydrogen (secondary N) is 3. The normalized spacial score (nSPS) is 13.0. The monoisotopic (exact) mass is 292 g/mol. The van der Waals surface area contributed by atoms with Crippen LogP contribution in [-0.4, -0.2) is 58.0 Å². The molecule has 0 aliphatic carbocycles. The Kier molecular flexibility index (Phi) is 6.82. The van der Waals surface area contributed by atoms with Gasteiger partial charge in [-0.1, -0.05) is 0 Å². The molecule has 7 nitrogen and oxygen atoms in total. The predicted molar refractivity (Wildman–Crippen MR) is 77.0 cm³/mol. The molecule has 0 aliphatic heterocycles. The molecule has 0 unspecified atom stereocenters. The molecule has 112 valence electrons. The Morgan fingerprint density at radius 1 is 1.21 bits per heavy atom. The van der Waals surface area contributed by atoms with Crippen LogP contribution >= 0.6 is 0 Å². The Labute approximate surface area is 115 Å². The van der Waals surface area contributed by atoms with Crippen molar-refractivity contribution in [2.24, 2.45) is 4.99 Å². The highest BCUT2D eigenvalue weighted by atomic mass is 32.2. The molecule has 0 aromatic carbocycles. The maximum atomic E-state index is 11.6. The number of nitrogens with zero attached hydrogens (tertiary/aromatic N) is 1. The number of aliphatic imine (C=N–C) groups is 1. The minimum Gasteiger partial charge on any atom is -0.355 e. The molecule has 0 aliphatic rings. The summed E-state index contributed by atoms with van der Waals surface area (Å²) < 4.78 is 21.9. The minimum absolute atomic E-state index is 0.0158. The van der Waals surface area contributed by atoms with E-state index in [9.17, 15) is 13.2 Å². The van der Waals surface area contributed by atoms with Crippen LogP contribution in [-0.2, 0) is 14.6 Å². The molecule has 0 heterocycles. The molecule has 0 atom stereocenters. The molecule has 19 heavy (non-hydrogen) atoms. The van der Waals surface area contributed by atoms with Crippen LogP contribution in [0.3, 0.4) is 0 Å². The molecule has 0 rings (SSSR count). The zero-order chi connectivity index (χ0) is 15.1. The van der Waals surface area contributed by atoms with E-state index in [0.29, 0.717) is 5.96 Å². The first-order chi connectivity index (χ1) is 8.53. The topological polar surface area (TPSA) is 99.7 Å². The Hall–Kier alpha value is -1.31. The van der Waals surface area contributed by atoms with Gasteiger partial charge in [-0.3, -0.25) is 9.79 Å². The van der Waals surface area contributed by atoms with E-state index >= 15 is 0 Å². The SMILES string of the molecule is CN=C(NCCS(C)(=O)=O)NCC(=O)NC(C)(C)C. The number of carbonyl (C=O) groups is 1. The van der Waals surface area contributed by atoms with Gasteiger partial charge in [0.1, 0.15) is 9.84 Å². The maximum absolute atomic E-state index is 11.6. The van der Waals surface area contributed by atoms with Crippen LogP contribution in [0, 0.1) is 0 Å². The number of hydrogen-bond acceptors (Lipinski definition) is 4. The number of amides is 1. The lowest BCUT2D eigenvalue weighted by atomic mass is 10.1. The van der Waals surface area contributed by atoms with Gasteiger partial charge in [-0.15, -0.1) is 0 Å². The molecule has 0 bridgehead atoms. The van der Waals surface area contributed by atoms with Crippen molar-refractivity contribution in [2.45, 2.75) is 26.3 Å². The summed E-state index contributed by atoms with van der Waals surface area (Å²) >= 11 is 0. The fourth-order valence-corrected chi connectivity index (χ4v) is 1.67. The second-order valence-electron chi connectivity index (χ2n) is 5.28. The van der Waals surface area contributed by atoms with E-state index < -0.39 is 9.84 Å². The first-order valence-corrected chi connectivity index (χ1v) is 8.03. The van der Waals surface area contributed by atoms with Crippen molar-refractivity contribution in [1.29, 1.82) is 0 Å². The average molecular weight is 292 g/mol. The standard InChI is InChI=1S/C11H24N4O3S/c1-11(2,3)15-9(16)8-14-10(12-4)13-6-7-19(5,17)18/h6-8H2,1-5H3,(H,15,16)(H2,12,13,14). The highest BCUT2D eigenvalue weighted by molar-refractivity contribution is 7.90. The molecular weight excluding hydrogens is 268 g/mol. The molecule has 0 fully saturated rings. The van der Waals surface area contributed by atoms with Crippen molar-refractivity contribution in [2.75, 3.05) is 32.1 Å². The van der Waals surface area contributed by atoms with Gasteiger partial charge in [-0.05, 0) is 20.8 Å². The van der Waals surface area contributed by atoms with E-state index in [0.717, 1.165) is 0 Å². The van der Waals surface area contributed by atoms with Crippen molar-refractivity contribution < 1.29 is 13.2 Å². The van der Waals surface area contributed by atoms with E-state index in [-0.39, 0.29) is 30.3 Å². The maximum Gasteiger partial charge on any atom is 0.239 e. The number of hydrogen-bond donors (Lipinski definition) is 3. The van der Waals surface area contributed by atoms with Crippen LogP contribution in [0.25, 0.3) is 0 Å². The summed E-state index contributed by atoms with van der Waals surface area (Å²) in [6, 6.07) is 0. The third-order valence-electron chi connectivity index (χ3n) is 1.92. The van der Waals surface area contributed by atoms with Crippen molar-refractivity contribution in [3.8, 4) is 0 Å². The summed E-state index contributed by atoms with van der Waals surface area (Å²) in [6.07, 6.45) is 1.17. The van der Waals surface area contributed by atoms with Crippen LogP contribution in [0.5, 0.6) is 0 Å². The zero-order valence-electron chi connectivity index (χ0n) is 12.2. The van der Waals surface area contributed by atoms with Gasteiger partial charge in [-0.2, -0.15) is 0 Å². The molecular formula is C11H24N4O3S. The van der Waals surface area contributed by atoms with Crippen molar-refractivity contribution in [1.82, 2.24) is 16.0 Å². The van der Waals surface area contributed by atoms with Gasteiger partial charge < -0.3 is 16.0 Å². The van der Waals surface area contributed by atoms with Gasteiger partial charge in [-0.25, -0.2) is 8.42 Å². The number of carbonyl (C=O) groups excluding carboxylic acids is 1. The molecule has 0 saturated carbocycles. The second kappa shape index (κ2) is 7.32. The van der Waals surface area contributed by atoms with E-state index in [2.05, 4.69) is 20.9 Å². The lowest BCUT2D eigenvalue weighted by Gasteiger charge is -2.21. The van der Waals surface area contributed by atoms with Crippen LogP contribution in [0.2, 0.25) is 0 Å². The van der Waals surface area contributed by atoms with Gasteiger partial charge in [0.2, 0.25) is 5.91 Å². The number of rotatable bonds is 5. The first-order valence-electron chi connectivity index (χ1n) is 5.97. The summed E-state index contributed by atoms with van der Waals surface area (Å²) in [5.41, 5.74) is -0.286. The highest BCUT2D eigenvalue weighted by Crippen LogP contribution is 1.96.